The Kier molecular flexibility index (Phi) is 5.49. The Morgan fingerprint density at radius 3 is 2.73 bits per heavy atom. The van der Waals surface area contributed by atoms with Crippen LogP contribution in [0.3, 0.4) is 0 Å². The number of amides is 2. The van der Waals surface area contributed by atoms with Gasteiger partial charge in [-0.25, -0.2) is 0 Å². The molecular weight excluding hydrogens is 350 g/mol. The molecule has 2 aromatic carbocycles. The Bertz CT molecular complexity index is 820. The predicted molar refractivity (Wildman–Crippen MR) is 106 cm³/mol. The molecule has 5 nitrogen and oxygen atoms in total. The number of fused-ring (bicyclic) bond motifs is 1. The molecule has 0 spiro atoms. The number of nitrogens with one attached hydrogen (secondary N) is 1. The number of piperazine rings is 1. The number of rotatable bonds is 2. The number of halogens is 1. The molecule has 2 aliphatic heterocycles. The quantitative estimate of drug-likeness (QED) is 0.879. The van der Waals surface area contributed by atoms with Gasteiger partial charge >= 0.3 is 0 Å². The lowest BCUT2D eigenvalue weighted by molar-refractivity contribution is -0.138. The van der Waals surface area contributed by atoms with Crippen molar-refractivity contribution in [1.29, 1.82) is 0 Å². The SMILES string of the molecule is C[C@@H]1CNCCN1C(=O)C1CC(=O)N(c2cccc3ccccc23)C1.Cl. The van der Waals surface area contributed by atoms with Crippen molar-refractivity contribution in [2.45, 2.75) is 19.4 Å². The molecule has 2 saturated heterocycles. The highest BCUT2D eigenvalue weighted by Gasteiger charge is 2.39. The van der Waals surface area contributed by atoms with E-state index in [-0.39, 0.29) is 36.2 Å². The van der Waals surface area contributed by atoms with Crippen LogP contribution < -0.4 is 10.2 Å². The van der Waals surface area contributed by atoms with Crippen LogP contribution >= 0.6 is 12.4 Å². The second-order valence-electron chi connectivity index (χ2n) is 6.99. The minimum Gasteiger partial charge on any atom is -0.337 e. The maximum atomic E-state index is 12.9. The van der Waals surface area contributed by atoms with Crippen LogP contribution in [0.1, 0.15) is 13.3 Å². The summed E-state index contributed by atoms with van der Waals surface area (Å²) in [7, 11) is 0. The van der Waals surface area contributed by atoms with Crippen molar-refractivity contribution in [2.75, 3.05) is 31.1 Å². The molecule has 1 unspecified atom stereocenters. The average molecular weight is 374 g/mol. The minimum absolute atomic E-state index is 0. The molecule has 0 aromatic heterocycles. The standard InChI is InChI=1S/C20H23N3O2.ClH/c1-14-12-21-9-10-22(14)20(25)16-11-19(24)23(13-16)18-8-4-6-15-5-2-3-7-17(15)18;/h2-8,14,16,21H,9-13H2,1H3;1H/t14-,16?;/m1./s1. The Labute approximate surface area is 159 Å². The molecule has 2 atom stereocenters. The fourth-order valence-electron chi connectivity index (χ4n) is 3.95. The summed E-state index contributed by atoms with van der Waals surface area (Å²) in [4.78, 5) is 29.3. The van der Waals surface area contributed by atoms with E-state index in [2.05, 4.69) is 12.2 Å². The minimum atomic E-state index is -0.244. The Morgan fingerprint density at radius 1 is 1.15 bits per heavy atom. The lowest BCUT2D eigenvalue weighted by atomic mass is 10.0. The van der Waals surface area contributed by atoms with Crippen LogP contribution in [0.4, 0.5) is 5.69 Å². The van der Waals surface area contributed by atoms with E-state index in [1.807, 2.05) is 47.4 Å². The third-order valence-corrected chi connectivity index (χ3v) is 5.32. The highest BCUT2D eigenvalue weighted by molar-refractivity contribution is 6.07. The van der Waals surface area contributed by atoms with Crippen LogP contribution in [0, 0.1) is 5.92 Å². The predicted octanol–water partition coefficient (Wildman–Crippen LogP) is 2.43. The van der Waals surface area contributed by atoms with Gasteiger partial charge < -0.3 is 15.1 Å². The van der Waals surface area contributed by atoms with E-state index in [0.29, 0.717) is 13.0 Å². The van der Waals surface area contributed by atoms with Crippen LogP contribution in [0.2, 0.25) is 0 Å². The van der Waals surface area contributed by atoms with Gasteiger partial charge in [-0.3, -0.25) is 9.59 Å². The van der Waals surface area contributed by atoms with Crippen LogP contribution in [-0.4, -0.2) is 48.9 Å². The van der Waals surface area contributed by atoms with Gasteiger partial charge in [0, 0.05) is 44.0 Å². The number of carbonyl (C=O) groups excluding carboxylic acids is 2. The number of anilines is 1. The molecule has 2 amide bonds. The number of nitrogens with zero attached hydrogens (tertiary/aromatic N) is 2. The molecule has 4 rings (SSSR count). The maximum absolute atomic E-state index is 12.9. The molecular formula is C20H24ClN3O2. The molecule has 6 heteroatoms. The lowest BCUT2D eigenvalue weighted by Gasteiger charge is -2.35. The molecule has 0 bridgehead atoms. The van der Waals surface area contributed by atoms with Gasteiger partial charge in [-0.05, 0) is 18.4 Å². The summed E-state index contributed by atoms with van der Waals surface area (Å²) in [5.41, 5.74) is 0.909. The molecule has 1 N–H and O–H groups in total. The summed E-state index contributed by atoms with van der Waals surface area (Å²) in [6.45, 7) is 4.90. The van der Waals surface area contributed by atoms with E-state index in [0.717, 1.165) is 36.1 Å². The fraction of sp³-hybridized carbons (Fsp3) is 0.400. The molecule has 0 saturated carbocycles. The molecule has 2 aromatic rings. The normalized spacial score (nSPS) is 23.2. The van der Waals surface area contributed by atoms with Gasteiger partial charge in [0.1, 0.15) is 0 Å². The highest BCUT2D eigenvalue weighted by Crippen LogP contribution is 2.32. The van der Waals surface area contributed by atoms with Gasteiger partial charge in [-0.2, -0.15) is 0 Å². The van der Waals surface area contributed by atoms with E-state index < -0.39 is 0 Å². The van der Waals surface area contributed by atoms with Gasteiger partial charge in [-0.1, -0.05) is 36.4 Å². The molecule has 0 radical (unpaired) electrons. The smallest absolute Gasteiger partial charge is 0.228 e. The van der Waals surface area contributed by atoms with Crippen molar-refractivity contribution in [1.82, 2.24) is 10.2 Å². The Hall–Kier alpha value is -2.11. The average Bonchev–Trinajstić information content (AvgIpc) is 3.02. The van der Waals surface area contributed by atoms with Crippen LogP contribution in [0.15, 0.2) is 42.5 Å². The number of hydrogen-bond donors (Lipinski definition) is 1. The number of carbonyl (C=O) groups is 2. The van der Waals surface area contributed by atoms with Crippen LogP contribution in [0.5, 0.6) is 0 Å². The van der Waals surface area contributed by atoms with Crippen molar-refractivity contribution in [3.63, 3.8) is 0 Å². The summed E-state index contributed by atoms with van der Waals surface area (Å²) in [6.07, 6.45) is 0.304. The Balaban J connectivity index is 0.00000196. The van der Waals surface area contributed by atoms with Crippen LogP contribution in [0.25, 0.3) is 10.8 Å². The lowest BCUT2D eigenvalue weighted by Crippen LogP contribution is -2.54. The molecule has 2 aliphatic rings. The first-order chi connectivity index (χ1) is 12.1. The van der Waals surface area contributed by atoms with Crippen molar-refractivity contribution in [3.05, 3.63) is 42.5 Å². The highest BCUT2D eigenvalue weighted by atomic mass is 35.5. The summed E-state index contributed by atoms with van der Waals surface area (Å²) >= 11 is 0. The second-order valence-corrected chi connectivity index (χ2v) is 6.99. The summed E-state index contributed by atoms with van der Waals surface area (Å²) in [5, 5.41) is 5.47. The monoisotopic (exact) mass is 373 g/mol. The van der Waals surface area contributed by atoms with Crippen molar-refractivity contribution >= 4 is 40.7 Å². The number of benzene rings is 2. The molecule has 2 heterocycles. The van der Waals surface area contributed by atoms with Crippen LogP contribution in [-0.2, 0) is 9.59 Å². The van der Waals surface area contributed by atoms with Crippen molar-refractivity contribution < 1.29 is 9.59 Å². The molecule has 138 valence electrons. The van der Waals surface area contributed by atoms with E-state index in [1.54, 1.807) is 4.90 Å². The summed E-state index contributed by atoms with van der Waals surface area (Å²) in [5.74, 6) is -0.0883. The van der Waals surface area contributed by atoms with E-state index in [1.165, 1.54) is 0 Å². The fourth-order valence-corrected chi connectivity index (χ4v) is 3.95. The van der Waals surface area contributed by atoms with Crippen molar-refractivity contribution in [3.8, 4) is 0 Å². The summed E-state index contributed by atoms with van der Waals surface area (Å²) < 4.78 is 0. The van der Waals surface area contributed by atoms with E-state index >= 15 is 0 Å². The number of hydrogen-bond acceptors (Lipinski definition) is 3. The topological polar surface area (TPSA) is 52.7 Å². The van der Waals surface area contributed by atoms with Gasteiger partial charge in [0.2, 0.25) is 11.8 Å². The first-order valence-corrected chi connectivity index (χ1v) is 8.94. The van der Waals surface area contributed by atoms with Gasteiger partial charge in [-0.15, -0.1) is 12.4 Å². The van der Waals surface area contributed by atoms with E-state index in [9.17, 15) is 9.59 Å². The molecule has 26 heavy (non-hydrogen) atoms. The molecule has 2 fully saturated rings. The maximum Gasteiger partial charge on any atom is 0.228 e. The zero-order valence-corrected chi connectivity index (χ0v) is 15.7. The second kappa shape index (κ2) is 7.64. The van der Waals surface area contributed by atoms with Gasteiger partial charge in [0.05, 0.1) is 11.6 Å². The zero-order valence-electron chi connectivity index (χ0n) is 14.9. The first kappa shape index (κ1) is 18.7. The van der Waals surface area contributed by atoms with Gasteiger partial charge in [0.25, 0.3) is 0 Å². The van der Waals surface area contributed by atoms with E-state index in [4.69, 9.17) is 0 Å². The third-order valence-electron chi connectivity index (χ3n) is 5.32. The zero-order chi connectivity index (χ0) is 17.4. The molecule has 0 aliphatic carbocycles. The third kappa shape index (κ3) is 3.29. The largest absolute Gasteiger partial charge is 0.337 e. The van der Waals surface area contributed by atoms with Crippen molar-refractivity contribution in [2.24, 2.45) is 5.92 Å². The Morgan fingerprint density at radius 2 is 1.92 bits per heavy atom. The van der Waals surface area contributed by atoms with Gasteiger partial charge in [0.15, 0.2) is 0 Å². The first-order valence-electron chi connectivity index (χ1n) is 8.94. The summed E-state index contributed by atoms with van der Waals surface area (Å²) in [6, 6.07) is 14.2.